The summed E-state index contributed by atoms with van der Waals surface area (Å²) >= 11 is 7.37. The molecule has 0 unspecified atom stereocenters. The first-order chi connectivity index (χ1) is 7.75. The highest BCUT2D eigenvalue weighted by Crippen LogP contribution is 2.16. The normalized spacial score (nSPS) is 10.6. The number of benzene rings is 1. The van der Waals surface area contributed by atoms with Crippen molar-refractivity contribution in [3.05, 3.63) is 57.0 Å². The van der Waals surface area contributed by atoms with Gasteiger partial charge in [0, 0.05) is 13.1 Å². The lowest BCUT2D eigenvalue weighted by atomic mass is 10.2. The lowest BCUT2D eigenvalue weighted by Crippen LogP contribution is -2.12. The van der Waals surface area contributed by atoms with Crippen LogP contribution in [0.15, 0.2) is 35.0 Å². The van der Waals surface area contributed by atoms with E-state index in [1.54, 1.807) is 23.5 Å². The Balaban J connectivity index is 1.87. The minimum absolute atomic E-state index is 0.176. The molecular formula is C12H11ClFNS. The fraction of sp³-hybridized carbons (Fsp3) is 0.167. The summed E-state index contributed by atoms with van der Waals surface area (Å²) in [6.07, 6.45) is 0. The van der Waals surface area contributed by atoms with Crippen LogP contribution in [0, 0.1) is 5.82 Å². The smallest absolute Gasteiger partial charge is 0.141 e. The van der Waals surface area contributed by atoms with E-state index in [1.165, 1.54) is 11.6 Å². The number of thiophene rings is 1. The average Bonchev–Trinajstić information content (AvgIpc) is 2.76. The summed E-state index contributed by atoms with van der Waals surface area (Å²) in [4.78, 5) is 0. The molecule has 1 aromatic heterocycles. The van der Waals surface area contributed by atoms with E-state index < -0.39 is 0 Å². The van der Waals surface area contributed by atoms with Crippen LogP contribution in [0.3, 0.4) is 0 Å². The molecule has 16 heavy (non-hydrogen) atoms. The summed E-state index contributed by atoms with van der Waals surface area (Å²) in [6.45, 7) is 1.51. The number of hydrogen-bond donors (Lipinski definition) is 1. The molecule has 0 saturated heterocycles. The molecule has 1 N–H and O–H groups in total. The van der Waals surface area contributed by atoms with Crippen molar-refractivity contribution in [3.8, 4) is 0 Å². The lowest BCUT2D eigenvalue weighted by molar-refractivity contribution is 0.625. The van der Waals surface area contributed by atoms with Crippen LogP contribution in [0.5, 0.6) is 0 Å². The molecular weight excluding hydrogens is 245 g/mol. The van der Waals surface area contributed by atoms with Crippen molar-refractivity contribution in [2.24, 2.45) is 0 Å². The Labute approximate surface area is 103 Å². The molecule has 0 fully saturated rings. The van der Waals surface area contributed by atoms with E-state index in [2.05, 4.69) is 16.8 Å². The zero-order valence-electron chi connectivity index (χ0n) is 8.54. The maximum absolute atomic E-state index is 12.9. The van der Waals surface area contributed by atoms with Gasteiger partial charge < -0.3 is 5.32 Å². The predicted octanol–water partition coefficient (Wildman–Crippen LogP) is 3.83. The minimum atomic E-state index is -0.372. The Morgan fingerprint density at radius 2 is 2.00 bits per heavy atom. The molecule has 2 aromatic rings. The van der Waals surface area contributed by atoms with Crippen molar-refractivity contribution < 1.29 is 4.39 Å². The van der Waals surface area contributed by atoms with Crippen molar-refractivity contribution in [2.45, 2.75) is 13.1 Å². The van der Waals surface area contributed by atoms with E-state index in [4.69, 9.17) is 11.6 Å². The fourth-order valence-electron chi connectivity index (χ4n) is 1.39. The van der Waals surface area contributed by atoms with Gasteiger partial charge in [0.2, 0.25) is 0 Å². The van der Waals surface area contributed by atoms with Crippen LogP contribution in [-0.4, -0.2) is 0 Å². The molecule has 2 rings (SSSR count). The maximum Gasteiger partial charge on any atom is 0.141 e. The Hall–Kier alpha value is -0.900. The summed E-state index contributed by atoms with van der Waals surface area (Å²) < 4.78 is 12.9. The Bertz CT molecular complexity index is 456. The SMILES string of the molecule is Fc1ccc(CNCc2ccsc2)cc1Cl. The molecule has 4 heteroatoms. The highest BCUT2D eigenvalue weighted by molar-refractivity contribution is 7.07. The second-order valence-corrected chi connectivity index (χ2v) is 4.67. The van der Waals surface area contributed by atoms with E-state index >= 15 is 0 Å². The summed E-state index contributed by atoms with van der Waals surface area (Å²) in [5.74, 6) is -0.372. The van der Waals surface area contributed by atoms with Crippen LogP contribution < -0.4 is 5.32 Å². The molecule has 0 atom stereocenters. The van der Waals surface area contributed by atoms with Gasteiger partial charge in [-0.15, -0.1) is 0 Å². The first kappa shape index (κ1) is 11.6. The summed E-state index contributed by atoms with van der Waals surface area (Å²) in [7, 11) is 0. The van der Waals surface area contributed by atoms with Gasteiger partial charge in [0.05, 0.1) is 5.02 Å². The van der Waals surface area contributed by atoms with Crippen molar-refractivity contribution >= 4 is 22.9 Å². The Morgan fingerprint density at radius 1 is 1.19 bits per heavy atom. The van der Waals surface area contributed by atoms with E-state index in [9.17, 15) is 4.39 Å². The number of hydrogen-bond acceptors (Lipinski definition) is 2. The minimum Gasteiger partial charge on any atom is -0.309 e. The van der Waals surface area contributed by atoms with E-state index in [-0.39, 0.29) is 10.8 Å². The highest BCUT2D eigenvalue weighted by atomic mass is 35.5. The van der Waals surface area contributed by atoms with E-state index in [0.29, 0.717) is 6.54 Å². The molecule has 0 saturated carbocycles. The monoisotopic (exact) mass is 255 g/mol. The van der Waals surface area contributed by atoms with Gasteiger partial charge in [-0.05, 0) is 40.1 Å². The molecule has 1 nitrogen and oxygen atoms in total. The van der Waals surface area contributed by atoms with Gasteiger partial charge in [0.25, 0.3) is 0 Å². The summed E-state index contributed by atoms with van der Waals surface area (Å²) in [6, 6.07) is 6.86. The van der Waals surface area contributed by atoms with Crippen LogP contribution >= 0.6 is 22.9 Å². The zero-order chi connectivity index (χ0) is 11.4. The van der Waals surface area contributed by atoms with Gasteiger partial charge in [-0.1, -0.05) is 17.7 Å². The molecule has 0 aliphatic carbocycles. The van der Waals surface area contributed by atoms with Crippen molar-refractivity contribution in [2.75, 3.05) is 0 Å². The predicted molar refractivity (Wildman–Crippen MR) is 66.3 cm³/mol. The lowest BCUT2D eigenvalue weighted by Gasteiger charge is -2.04. The number of halogens is 2. The molecule has 0 radical (unpaired) electrons. The molecule has 0 spiro atoms. The van der Waals surface area contributed by atoms with Gasteiger partial charge in [0.15, 0.2) is 0 Å². The molecule has 1 aromatic carbocycles. The third-order valence-electron chi connectivity index (χ3n) is 2.22. The van der Waals surface area contributed by atoms with E-state index in [0.717, 1.165) is 12.1 Å². The first-order valence-electron chi connectivity index (χ1n) is 4.91. The Kier molecular flexibility index (Phi) is 3.93. The number of nitrogens with one attached hydrogen (secondary N) is 1. The quantitative estimate of drug-likeness (QED) is 0.876. The third-order valence-corrected chi connectivity index (χ3v) is 3.24. The van der Waals surface area contributed by atoms with Gasteiger partial charge >= 0.3 is 0 Å². The highest BCUT2D eigenvalue weighted by Gasteiger charge is 2.00. The van der Waals surface area contributed by atoms with Crippen LogP contribution in [0.25, 0.3) is 0 Å². The van der Waals surface area contributed by atoms with Crippen molar-refractivity contribution in [1.82, 2.24) is 5.32 Å². The molecule has 0 aliphatic rings. The first-order valence-corrected chi connectivity index (χ1v) is 6.23. The van der Waals surface area contributed by atoms with Gasteiger partial charge in [0.1, 0.15) is 5.82 Å². The van der Waals surface area contributed by atoms with Crippen LogP contribution in [0.2, 0.25) is 5.02 Å². The van der Waals surface area contributed by atoms with Gasteiger partial charge in [-0.25, -0.2) is 4.39 Å². The molecule has 1 heterocycles. The van der Waals surface area contributed by atoms with Gasteiger partial charge in [-0.3, -0.25) is 0 Å². The fourth-order valence-corrected chi connectivity index (χ4v) is 2.27. The van der Waals surface area contributed by atoms with Crippen molar-refractivity contribution in [1.29, 1.82) is 0 Å². The standard InChI is InChI=1S/C12H11ClFNS/c13-11-5-9(1-2-12(11)14)6-15-7-10-3-4-16-8-10/h1-5,8,15H,6-7H2. The molecule has 0 aliphatic heterocycles. The second kappa shape index (κ2) is 5.43. The van der Waals surface area contributed by atoms with Crippen LogP contribution in [0.1, 0.15) is 11.1 Å². The molecule has 0 amide bonds. The summed E-state index contributed by atoms with van der Waals surface area (Å²) in [5, 5.41) is 7.60. The van der Waals surface area contributed by atoms with Crippen LogP contribution in [-0.2, 0) is 13.1 Å². The third kappa shape index (κ3) is 3.04. The topological polar surface area (TPSA) is 12.0 Å². The van der Waals surface area contributed by atoms with Gasteiger partial charge in [-0.2, -0.15) is 11.3 Å². The van der Waals surface area contributed by atoms with Crippen LogP contribution in [0.4, 0.5) is 4.39 Å². The number of rotatable bonds is 4. The zero-order valence-corrected chi connectivity index (χ0v) is 10.1. The molecule has 0 bridgehead atoms. The van der Waals surface area contributed by atoms with Crippen molar-refractivity contribution in [3.63, 3.8) is 0 Å². The Morgan fingerprint density at radius 3 is 2.69 bits per heavy atom. The largest absolute Gasteiger partial charge is 0.309 e. The van der Waals surface area contributed by atoms with E-state index in [1.807, 2.05) is 5.38 Å². The molecule has 84 valence electrons. The summed E-state index contributed by atoms with van der Waals surface area (Å²) in [5.41, 5.74) is 2.25. The second-order valence-electron chi connectivity index (χ2n) is 3.48. The maximum atomic E-state index is 12.9. The average molecular weight is 256 g/mol.